The number of ether oxygens (including phenoxy) is 2. The van der Waals surface area contributed by atoms with Crippen LogP contribution in [0.3, 0.4) is 0 Å². The number of hydrogen-bond donors (Lipinski definition) is 0. The predicted octanol–water partition coefficient (Wildman–Crippen LogP) is 2.84. The molecule has 0 spiro atoms. The molecule has 2 atom stereocenters. The Morgan fingerprint density at radius 1 is 1.28 bits per heavy atom. The number of rotatable bonds is 7. The van der Waals surface area contributed by atoms with E-state index in [2.05, 4.69) is 0 Å². The lowest BCUT2D eigenvalue weighted by Gasteiger charge is -2.18. The first kappa shape index (κ1) is 14.8. The fraction of sp³-hybridized carbons (Fsp3) is 0.500. The third-order valence-corrected chi connectivity index (χ3v) is 2.49. The fourth-order valence-electron chi connectivity index (χ4n) is 1.58. The van der Waals surface area contributed by atoms with Crippen molar-refractivity contribution < 1.29 is 18.7 Å². The van der Waals surface area contributed by atoms with Crippen LogP contribution in [0.5, 0.6) is 0 Å². The van der Waals surface area contributed by atoms with Crippen LogP contribution in [0.1, 0.15) is 31.1 Å². The molecule has 0 aliphatic heterocycles. The van der Waals surface area contributed by atoms with Crippen molar-refractivity contribution >= 4 is 5.78 Å². The highest BCUT2D eigenvalue weighted by Gasteiger charge is 2.18. The maximum Gasteiger partial charge on any atom is 0.191 e. The topological polar surface area (TPSA) is 35.5 Å². The van der Waals surface area contributed by atoms with E-state index in [9.17, 15) is 9.18 Å². The van der Waals surface area contributed by atoms with Gasteiger partial charge in [-0.3, -0.25) is 4.79 Å². The van der Waals surface area contributed by atoms with Gasteiger partial charge in [-0.05, 0) is 45.0 Å². The van der Waals surface area contributed by atoms with Crippen LogP contribution in [-0.4, -0.2) is 31.2 Å². The van der Waals surface area contributed by atoms with Crippen LogP contribution in [0.2, 0.25) is 0 Å². The number of carbonyl (C=O) groups excluding carboxylic acids is 1. The lowest BCUT2D eigenvalue weighted by Crippen LogP contribution is -2.28. The minimum atomic E-state index is -0.564. The van der Waals surface area contributed by atoms with Gasteiger partial charge < -0.3 is 9.47 Å². The second kappa shape index (κ2) is 7.24. The maximum atomic E-state index is 12.7. The van der Waals surface area contributed by atoms with Gasteiger partial charge in [0.25, 0.3) is 0 Å². The molecule has 0 aliphatic rings. The number of carbonyl (C=O) groups is 1. The Bertz CT molecular complexity index is 375. The van der Waals surface area contributed by atoms with Crippen molar-refractivity contribution in [3.63, 3.8) is 0 Å². The quantitative estimate of drug-likeness (QED) is 0.702. The van der Waals surface area contributed by atoms with E-state index in [1.807, 2.05) is 13.8 Å². The SMILES string of the molecule is CCOCC(C)OC(C)C(=O)c1ccc(F)cc1. The molecule has 0 heterocycles. The van der Waals surface area contributed by atoms with Crippen molar-refractivity contribution in [2.24, 2.45) is 0 Å². The van der Waals surface area contributed by atoms with E-state index in [-0.39, 0.29) is 17.7 Å². The number of halogens is 1. The normalized spacial score (nSPS) is 14.2. The molecular weight excluding hydrogens is 235 g/mol. The van der Waals surface area contributed by atoms with Crippen LogP contribution in [-0.2, 0) is 9.47 Å². The molecule has 4 heteroatoms. The lowest BCUT2D eigenvalue weighted by molar-refractivity contribution is -0.0296. The highest BCUT2D eigenvalue weighted by Crippen LogP contribution is 2.09. The predicted molar refractivity (Wildman–Crippen MR) is 67.2 cm³/mol. The Morgan fingerprint density at radius 2 is 1.89 bits per heavy atom. The molecule has 0 amide bonds. The van der Waals surface area contributed by atoms with Gasteiger partial charge in [0.1, 0.15) is 11.9 Å². The molecule has 0 fully saturated rings. The van der Waals surface area contributed by atoms with Crippen LogP contribution >= 0.6 is 0 Å². The van der Waals surface area contributed by atoms with Gasteiger partial charge >= 0.3 is 0 Å². The van der Waals surface area contributed by atoms with Crippen molar-refractivity contribution in [3.05, 3.63) is 35.6 Å². The van der Waals surface area contributed by atoms with Gasteiger partial charge in [0.15, 0.2) is 5.78 Å². The summed E-state index contributed by atoms with van der Waals surface area (Å²) in [5, 5.41) is 0. The van der Waals surface area contributed by atoms with Crippen LogP contribution in [0.25, 0.3) is 0 Å². The van der Waals surface area contributed by atoms with E-state index in [1.165, 1.54) is 24.3 Å². The van der Waals surface area contributed by atoms with E-state index in [1.54, 1.807) is 6.92 Å². The van der Waals surface area contributed by atoms with Crippen LogP contribution < -0.4 is 0 Å². The summed E-state index contributed by atoms with van der Waals surface area (Å²) in [5.74, 6) is -0.511. The van der Waals surface area contributed by atoms with E-state index in [0.29, 0.717) is 18.8 Å². The molecule has 1 rings (SSSR count). The largest absolute Gasteiger partial charge is 0.379 e. The van der Waals surface area contributed by atoms with Crippen molar-refractivity contribution in [2.75, 3.05) is 13.2 Å². The first-order valence-electron chi connectivity index (χ1n) is 6.07. The first-order valence-corrected chi connectivity index (χ1v) is 6.07. The van der Waals surface area contributed by atoms with Gasteiger partial charge in [0, 0.05) is 12.2 Å². The second-order valence-electron chi connectivity index (χ2n) is 4.12. The summed E-state index contributed by atoms with van der Waals surface area (Å²) in [6.07, 6.45) is -0.713. The monoisotopic (exact) mass is 254 g/mol. The van der Waals surface area contributed by atoms with Gasteiger partial charge in [0.05, 0.1) is 12.7 Å². The molecule has 2 unspecified atom stereocenters. The smallest absolute Gasteiger partial charge is 0.191 e. The molecule has 0 radical (unpaired) electrons. The van der Waals surface area contributed by atoms with Gasteiger partial charge in [-0.1, -0.05) is 0 Å². The summed E-state index contributed by atoms with van der Waals surface area (Å²) < 4.78 is 23.5. The van der Waals surface area contributed by atoms with Gasteiger partial charge in [-0.15, -0.1) is 0 Å². The standard InChI is InChI=1S/C14H19FO3/c1-4-17-9-10(2)18-11(3)14(16)12-5-7-13(15)8-6-12/h5-8,10-11H,4,9H2,1-3H3. The zero-order valence-electron chi connectivity index (χ0n) is 11.0. The Balaban J connectivity index is 2.53. The molecule has 3 nitrogen and oxygen atoms in total. The molecule has 1 aromatic carbocycles. The molecular formula is C14H19FO3. The maximum absolute atomic E-state index is 12.7. The Kier molecular flexibility index (Phi) is 5.95. The number of Topliss-reactive ketones (excluding diaryl/α,β-unsaturated/α-hetero) is 1. The van der Waals surface area contributed by atoms with Crippen molar-refractivity contribution in [1.29, 1.82) is 0 Å². The minimum Gasteiger partial charge on any atom is -0.379 e. The summed E-state index contributed by atoms with van der Waals surface area (Å²) in [6.45, 7) is 6.52. The van der Waals surface area contributed by atoms with Crippen LogP contribution in [0, 0.1) is 5.82 Å². The fourth-order valence-corrected chi connectivity index (χ4v) is 1.58. The molecule has 0 N–H and O–H groups in total. The van der Waals surface area contributed by atoms with Crippen LogP contribution in [0.4, 0.5) is 4.39 Å². The molecule has 1 aromatic rings. The number of hydrogen-bond acceptors (Lipinski definition) is 3. The summed E-state index contributed by atoms with van der Waals surface area (Å²) in [6, 6.07) is 5.46. The molecule has 18 heavy (non-hydrogen) atoms. The van der Waals surface area contributed by atoms with Gasteiger partial charge in [-0.25, -0.2) is 4.39 Å². The van der Waals surface area contributed by atoms with E-state index < -0.39 is 6.10 Å². The molecule has 0 saturated heterocycles. The summed E-state index contributed by atoms with van der Waals surface area (Å²) in [4.78, 5) is 12.0. The number of benzene rings is 1. The first-order chi connectivity index (χ1) is 8.54. The van der Waals surface area contributed by atoms with E-state index in [0.717, 1.165) is 0 Å². The zero-order chi connectivity index (χ0) is 13.5. The zero-order valence-corrected chi connectivity index (χ0v) is 11.0. The third-order valence-electron chi connectivity index (χ3n) is 2.49. The molecule has 0 aliphatic carbocycles. The summed E-state index contributed by atoms with van der Waals surface area (Å²) in [5.41, 5.74) is 0.451. The van der Waals surface area contributed by atoms with Gasteiger partial charge in [0.2, 0.25) is 0 Å². The number of ketones is 1. The Labute approximate surface area is 107 Å². The van der Waals surface area contributed by atoms with Crippen molar-refractivity contribution in [3.8, 4) is 0 Å². The molecule has 0 aromatic heterocycles. The lowest BCUT2D eigenvalue weighted by atomic mass is 10.1. The molecule has 100 valence electrons. The van der Waals surface area contributed by atoms with E-state index >= 15 is 0 Å². The highest BCUT2D eigenvalue weighted by atomic mass is 19.1. The second-order valence-corrected chi connectivity index (χ2v) is 4.12. The summed E-state index contributed by atoms with van der Waals surface area (Å²) in [7, 11) is 0. The average Bonchev–Trinajstić information content (AvgIpc) is 2.36. The Morgan fingerprint density at radius 3 is 2.44 bits per heavy atom. The third kappa shape index (κ3) is 4.55. The molecule has 0 saturated carbocycles. The van der Waals surface area contributed by atoms with Crippen molar-refractivity contribution in [1.82, 2.24) is 0 Å². The Hall–Kier alpha value is -1.26. The van der Waals surface area contributed by atoms with Gasteiger partial charge in [-0.2, -0.15) is 0 Å². The van der Waals surface area contributed by atoms with E-state index in [4.69, 9.17) is 9.47 Å². The average molecular weight is 254 g/mol. The van der Waals surface area contributed by atoms with Crippen molar-refractivity contribution in [2.45, 2.75) is 33.0 Å². The minimum absolute atomic E-state index is 0.149. The molecule has 0 bridgehead atoms. The van der Waals surface area contributed by atoms with Crippen LogP contribution in [0.15, 0.2) is 24.3 Å². The highest BCUT2D eigenvalue weighted by molar-refractivity contribution is 5.99. The summed E-state index contributed by atoms with van der Waals surface area (Å²) >= 11 is 0.